The van der Waals surface area contributed by atoms with Crippen LogP contribution < -0.4 is 9.64 Å². The summed E-state index contributed by atoms with van der Waals surface area (Å²) >= 11 is 6.32. The van der Waals surface area contributed by atoms with E-state index in [4.69, 9.17) is 20.8 Å². The Bertz CT molecular complexity index is 1320. The summed E-state index contributed by atoms with van der Waals surface area (Å²) in [6, 6.07) is 13.0. The predicted octanol–water partition coefficient (Wildman–Crippen LogP) is 5.50. The first-order valence-corrected chi connectivity index (χ1v) is 11.1. The fourth-order valence-electron chi connectivity index (χ4n) is 4.36. The van der Waals surface area contributed by atoms with Gasteiger partial charge in [-0.2, -0.15) is 0 Å². The Balaban J connectivity index is 1.69. The summed E-state index contributed by atoms with van der Waals surface area (Å²) in [5.74, 6) is -0.00372. The molecule has 1 atom stereocenters. The minimum Gasteiger partial charge on any atom is -0.507 e. The van der Waals surface area contributed by atoms with Gasteiger partial charge in [0.15, 0.2) is 0 Å². The number of aliphatic hydroxyl groups is 1. The second-order valence-electron chi connectivity index (χ2n) is 8.33. The third kappa shape index (κ3) is 3.60. The Hall–Kier alpha value is -3.51. The molecule has 0 bridgehead atoms. The molecule has 1 saturated heterocycles. The van der Waals surface area contributed by atoms with E-state index in [-0.39, 0.29) is 11.3 Å². The lowest BCUT2D eigenvalue weighted by molar-refractivity contribution is -0.132. The molecule has 1 aromatic heterocycles. The molecular weight excluding hydrogens is 442 g/mol. The largest absolute Gasteiger partial charge is 0.507 e. The highest BCUT2D eigenvalue weighted by atomic mass is 35.5. The zero-order valence-corrected chi connectivity index (χ0v) is 19.0. The van der Waals surface area contributed by atoms with Crippen LogP contribution in [0.15, 0.2) is 58.5 Å². The number of hydrogen-bond acceptors (Lipinski definition) is 5. The van der Waals surface area contributed by atoms with E-state index in [1.165, 1.54) is 4.90 Å². The van der Waals surface area contributed by atoms with Crippen LogP contribution in [0.1, 0.15) is 40.7 Å². The molecule has 2 aliphatic rings. The van der Waals surface area contributed by atoms with Crippen LogP contribution in [0.5, 0.6) is 5.75 Å². The van der Waals surface area contributed by atoms with Gasteiger partial charge in [0.25, 0.3) is 11.7 Å². The van der Waals surface area contributed by atoms with Gasteiger partial charge in [0.05, 0.1) is 12.2 Å². The molecule has 0 spiro atoms. The van der Waals surface area contributed by atoms with Crippen molar-refractivity contribution >= 4 is 34.7 Å². The molecule has 3 aromatic rings. The van der Waals surface area contributed by atoms with Crippen molar-refractivity contribution in [3.05, 3.63) is 87.3 Å². The van der Waals surface area contributed by atoms with Gasteiger partial charge < -0.3 is 14.3 Å². The standard InChI is InChI=1S/C26H22ClNO5/c1-14-5-8-18(13-19(14)27)28-23(21-9-6-15(2)33-21)22(25(30)26(28)31)24(29)17-7-10-20-16(12-17)4-3-11-32-20/h5-10,12-13,23,29H,3-4,11H2,1-2H3/b24-22-. The Morgan fingerprint density at radius 2 is 1.91 bits per heavy atom. The molecule has 3 heterocycles. The number of ketones is 1. The number of rotatable bonds is 3. The number of aliphatic hydroxyl groups excluding tert-OH is 1. The number of carbonyl (C=O) groups excluding carboxylic acids is 2. The van der Waals surface area contributed by atoms with Crippen LogP contribution in [0, 0.1) is 13.8 Å². The number of amides is 1. The highest BCUT2D eigenvalue weighted by Crippen LogP contribution is 2.43. The smallest absolute Gasteiger partial charge is 0.300 e. The van der Waals surface area contributed by atoms with Crippen LogP contribution >= 0.6 is 11.6 Å². The molecule has 0 aliphatic carbocycles. The average molecular weight is 464 g/mol. The lowest BCUT2D eigenvalue weighted by Crippen LogP contribution is -2.29. The third-order valence-corrected chi connectivity index (χ3v) is 6.50. The van der Waals surface area contributed by atoms with Gasteiger partial charge in [0.2, 0.25) is 0 Å². The molecule has 7 heteroatoms. The molecule has 2 aliphatic heterocycles. The van der Waals surface area contributed by atoms with Crippen molar-refractivity contribution < 1.29 is 23.8 Å². The monoisotopic (exact) mass is 463 g/mol. The number of hydrogen-bond donors (Lipinski definition) is 1. The normalized spacial score (nSPS) is 19.5. The average Bonchev–Trinajstić information content (AvgIpc) is 3.35. The van der Waals surface area contributed by atoms with Crippen LogP contribution in [0.2, 0.25) is 5.02 Å². The molecule has 1 fully saturated rings. The van der Waals surface area contributed by atoms with Crippen molar-refractivity contribution in [2.24, 2.45) is 0 Å². The van der Waals surface area contributed by atoms with Gasteiger partial charge in [0.1, 0.15) is 29.1 Å². The minimum atomic E-state index is -0.926. The van der Waals surface area contributed by atoms with Gasteiger partial charge in [-0.3, -0.25) is 14.5 Å². The summed E-state index contributed by atoms with van der Waals surface area (Å²) in [5, 5.41) is 11.8. The summed E-state index contributed by atoms with van der Waals surface area (Å²) < 4.78 is 11.5. The van der Waals surface area contributed by atoms with Gasteiger partial charge in [-0.15, -0.1) is 0 Å². The Kier molecular flexibility index (Phi) is 5.25. The molecule has 33 heavy (non-hydrogen) atoms. The number of Topliss-reactive ketones (excluding diaryl/α,β-unsaturated/α-hetero) is 1. The van der Waals surface area contributed by atoms with Crippen LogP contribution in [0.3, 0.4) is 0 Å². The van der Waals surface area contributed by atoms with Crippen LogP contribution in [0.4, 0.5) is 5.69 Å². The van der Waals surface area contributed by atoms with E-state index in [2.05, 4.69) is 0 Å². The van der Waals surface area contributed by atoms with Crippen LogP contribution in [-0.4, -0.2) is 23.4 Å². The summed E-state index contributed by atoms with van der Waals surface area (Å²) in [7, 11) is 0. The zero-order chi connectivity index (χ0) is 23.3. The first-order chi connectivity index (χ1) is 15.8. The third-order valence-electron chi connectivity index (χ3n) is 6.09. The second-order valence-corrected chi connectivity index (χ2v) is 8.73. The maximum atomic E-state index is 13.2. The first-order valence-electron chi connectivity index (χ1n) is 10.7. The first kappa shape index (κ1) is 21.3. The lowest BCUT2D eigenvalue weighted by atomic mass is 9.96. The summed E-state index contributed by atoms with van der Waals surface area (Å²) in [6.07, 6.45) is 1.69. The highest BCUT2D eigenvalue weighted by molar-refractivity contribution is 6.51. The number of nitrogens with zero attached hydrogens (tertiary/aromatic N) is 1. The van der Waals surface area contributed by atoms with E-state index in [1.807, 2.05) is 13.0 Å². The number of fused-ring (bicyclic) bond motifs is 1. The maximum Gasteiger partial charge on any atom is 0.300 e. The highest BCUT2D eigenvalue weighted by Gasteiger charge is 2.48. The molecule has 0 saturated carbocycles. The van der Waals surface area contributed by atoms with Crippen molar-refractivity contribution in [3.63, 3.8) is 0 Å². The second kappa shape index (κ2) is 8.12. The van der Waals surface area contributed by atoms with Gasteiger partial charge in [-0.1, -0.05) is 17.7 Å². The van der Waals surface area contributed by atoms with E-state index in [0.717, 1.165) is 29.7 Å². The van der Waals surface area contributed by atoms with Gasteiger partial charge >= 0.3 is 0 Å². The van der Waals surface area contributed by atoms with E-state index in [1.54, 1.807) is 49.4 Å². The topological polar surface area (TPSA) is 80.0 Å². The number of anilines is 1. The molecular formula is C26H22ClNO5. The number of ether oxygens (including phenoxy) is 1. The molecule has 5 rings (SSSR count). The Labute approximate surface area is 196 Å². The van der Waals surface area contributed by atoms with Crippen LogP contribution in [0.25, 0.3) is 5.76 Å². The van der Waals surface area contributed by atoms with Crippen LogP contribution in [-0.2, 0) is 16.0 Å². The van der Waals surface area contributed by atoms with E-state index in [9.17, 15) is 14.7 Å². The molecule has 1 unspecified atom stereocenters. The lowest BCUT2D eigenvalue weighted by Gasteiger charge is -2.24. The molecule has 168 valence electrons. The summed E-state index contributed by atoms with van der Waals surface area (Å²) in [6.45, 7) is 4.29. The number of carbonyl (C=O) groups is 2. The summed E-state index contributed by atoms with van der Waals surface area (Å²) in [4.78, 5) is 27.8. The fraction of sp³-hybridized carbons (Fsp3) is 0.231. The SMILES string of the molecule is Cc1ccc(C2/C(=C(/O)c3ccc4c(c3)CCCO4)C(=O)C(=O)N2c2ccc(C)c(Cl)c2)o1. The molecule has 0 radical (unpaired) electrons. The van der Waals surface area contributed by atoms with Crippen molar-refractivity contribution in [2.45, 2.75) is 32.7 Å². The van der Waals surface area contributed by atoms with Crippen molar-refractivity contribution in [2.75, 3.05) is 11.5 Å². The zero-order valence-electron chi connectivity index (χ0n) is 18.2. The summed E-state index contributed by atoms with van der Waals surface area (Å²) in [5.41, 5.74) is 2.67. The van der Waals surface area contributed by atoms with Crippen molar-refractivity contribution in [3.8, 4) is 5.75 Å². The Morgan fingerprint density at radius 1 is 1.09 bits per heavy atom. The van der Waals surface area contributed by atoms with E-state index in [0.29, 0.717) is 34.4 Å². The number of benzene rings is 2. The van der Waals surface area contributed by atoms with E-state index < -0.39 is 17.7 Å². The molecule has 1 N–H and O–H groups in total. The fourth-order valence-corrected chi connectivity index (χ4v) is 4.54. The number of aryl methyl sites for hydroxylation is 3. The molecule has 2 aromatic carbocycles. The van der Waals surface area contributed by atoms with E-state index >= 15 is 0 Å². The van der Waals surface area contributed by atoms with Gasteiger partial charge in [-0.05, 0) is 80.3 Å². The number of furan rings is 1. The minimum absolute atomic E-state index is 0.0253. The molecule has 1 amide bonds. The number of halogens is 1. The van der Waals surface area contributed by atoms with Gasteiger partial charge in [0, 0.05) is 16.3 Å². The maximum absolute atomic E-state index is 13.2. The Morgan fingerprint density at radius 3 is 2.64 bits per heavy atom. The van der Waals surface area contributed by atoms with Gasteiger partial charge in [-0.25, -0.2) is 0 Å². The molecule has 6 nitrogen and oxygen atoms in total. The quantitative estimate of drug-likeness (QED) is 0.315. The van der Waals surface area contributed by atoms with Crippen molar-refractivity contribution in [1.29, 1.82) is 0 Å². The predicted molar refractivity (Wildman–Crippen MR) is 125 cm³/mol. The van der Waals surface area contributed by atoms with Crippen molar-refractivity contribution in [1.82, 2.24) is 0 Å².